The highest BCUT2D eigenvalue weighted by molar-refractivity contribution is 6.32. The van der Waals surface area contributed by atoms with E-state index in [-0.39, 0.29) is 18.3 Å². The number of amides is 1. The number of nitrogens with one attached hydrogen (secondary N) is 1. The zero-order valence-electron chi connectivity index (χ0n) is 12.1. The molecule has 3 rings (SSSR count). The number of amidine groups is 1. The van der Waals surface area contributed by atoms with Crippen LogP contribution in [0.5, 0.6) is 5.75 Å². The maximum atomic E-state index is 11.1. The van der Waals surface area contributed by atoms with Gasteiger partial charge in [-0.15, -0.1) is 5.10 Å². The lowest BCUT2D eigenvalue weighted by molar-refractivity contribution is -0.529. The van der Waals surface area contributed by atoms with Crippen LogP contribution < -0.4 is 27.9 Å². The topological polar surface area (TPSA) is 67.3 Å². The van der Waals surface area contributed by atoms with Crippen molar-refractivity contribution >= 4 is 23.3 Å². The van der Waals surface area contributed by atoms with Gasteiger partial charge in [-0.3, -0.25) is 10.1 Å². The molecule has 1 aliphatic heterocycles. The molecule has 1 amide bonds. The molecule has 0 radical (unpaired) electrons. The number of ether oxygens (including phenoxy) is 1. The van der Waals surface area contributed by atoms with Crippen molar-refractivity contribution in [2.75, 3.05) is 6.54 Å². The lowest BCUT2D eigenvalue weighted by Gasteiger charge is -2.12. The third kappa shape index (κ3) is 4.45. The molecule has 120 valence electrons. The number of benzene rings is 2. The van der Waals surface area contributed by atoms with Gasteiger partial charge in [-0.05, 0) is 23.8 Å². The van der Waals surface area contributed by atoms with E-state index < -0.39 is 0 Å². The lowest BCUT2D eigenvalue weighted by atomic mass is 10.2. The van der Waals surface area contributed by atoms with Crippen molar-refractivity contribution in [2.45, 2.75) is 6.61 Å². The van der Waals surface area contributed by atoms with Crippen LogP contribution in [0.3, 0.4) is 0 Å². The van der Waals surface area contributed by atoms with E-state index in [9.17, 15) is 4.79 Å². The van der Waals surface area contributed by atoms with Crippen LogP contribution in [0.25, 0.3) is 0 Å². The molecule has 0 bridgehead atoms. The van der Waals surface area contributed by atoms with E-state index >= 15 is 0 Å². The summed E-state index contributed by atoms with van der Waals surface area (Å²) in [5.41, 5.74) is 4.38. The van der Waals surface area contributed by atoms with E-state index in [0.29, 0.717) is 29.8 Å². The van der Waals surface area contributed by atoms with Gasteiger partial charge in [-0.1, -0.05) is 41.9 Å². The molecule has 0 spiro atoms. The average molecular weight is 352 g/mol. The van der Waals surface area contributed by atoms with Gasteiger partial charge in [0.25, 0.3) is 5.91 Å². The van der Waals surface area contributed by atoms with Gasteiger partial charge in [0.15, 0.2) is 6.54 Å². The van der Waals surface area contributed by atoms with E-state index in [4.69, 9.17) is 16.3 Å². The Morgan fingerprint density at radius 2 is 2.00 bits per heavy atom. The van der Waals surface area contributed by atoms with Crippen LogP contribution in [-0.4, -0.2) is 18.3 Å². The molecule has 0 atom stereocenters. The van der Waals surface area contributed by atoms with E-state index in [0.717, 1.165) is 11.1 Å². The molecule has 5 nitrogen and oxygen atoms in total. The Kier molecular flexibility index (Phi) is 5.98. The van der Waals surface area contributed by atoms with Gasteiger partial charge in [0.1, 0.15) is 12.4 Å². The molecule has 0 saturated carbocycles. The van der Waals surface area contributed by atoms with Gasteiger partial charge >= 0.3 is 0 Å². The average Bonchev–Trinajstić information content (AvgIpc) is 2.55. The molecule has 0 aliphatic carbocycles. The molecule has 3 N–H and O–H groups in total. The summed E-state index contributed by atoms with van der Waals surface area (Å²) in [5, 5.41) is 6.30. The zero-order chi connectivity index (χ0) is 15.4. The standard InChI is InChI=1S/C16H14ClN3O2.ClH/c17-13-8-12(16-18-9-15(21)19-20-16)6-7-14(13)22-10-11-4-2-1-3-5-11;/h1-8H,9-10H2,(H,18,20)(H,19,21);1H. The normalized spacial score (nSPS) is 13.6. The minimum absolute atomic E-state index is 0. The smallest absolute Gasteiger partial charge is 0.295 e. The first kappa shape index (κ1) is 17.3. The van der Waals surface area contributed by atoms with Gasteiger partial charge in [0.05, 0.1) is 10.6 Å². The van der Waals surface area contributed by atoms with Gasteiger partial charge in [-0.25, -0.2) is 5.43 Å². The summed E-state index contributed by atoms with van der Waals surface area (Å²) >= 11 is 6.26. The van der Waals surface area contributed by atoms with Crippen molar-refractivity contribution in [3.05, 3.63) is 64.7 Å². The minimum Gasteiger partial charge on any atom is -1.00 e. The Bertz CT molecular complexity index is 721. The second kappa shape index (κ2) is 7.97. The molecule has 0 saturated heterocycles. The number of quaternary nitrogens is 1. The Morgan fingerprint density at radius 1 is 1.22 bits per heavy atom. The van der Waals surface area contributed by atoms with Gasteiger partial charge in [-0.2, -0.15) is 0 Å². The largest absolute Gasteiger partial charge is 1.00 e. The SMILES string of the molecule is O=C1C[NH2+]C(c2ccc(OCc3ccccc3)c(Cl)c2)=NN1.[Cl-]. The maximum absolute atomic E-state index is 11.1. The molecule has 0 aromatic heterocycles. The molecular formula is C16H15Cl2N3O2. The summed E-state index contributed by atoms with van der Waals surface area (Å²) in [6, 6.07) is 15.4. The molecular weight excluding hydrogens is 337 g/mol. The number of halogens is 2. The summed E-state index contributed by atoms with van der Waals surface area (Å²) in [6.07, 6.45) is 0. The molecule has 0 fully saturated rings. The molecule has 23 heavy (non-hydrogen) atoms. The number of hydrogen-bond donors (Lipinski definition) is 2. The molecule has 1 heterocycles. The van der Waals surface area contributed by atoms with Crippen molar-refractivity contribution in [3.8, 4) is 5.75 Å². The summed E-state index contributed by atoms with van der Waals surface area (Å²) in [7, 11) is 0. The van der Waals surface area contributed by atoms with Crippen molar-refractivity contribution < 1.29 is 27.3 Å². The first-order valence-electron chi connectivity index (χ1n) is 6.89. The molecule has 1 aliphatic rings. The fraction of sp³-hybridized carbons (Fsp3) is 0.125. The zero-order valence-corrected chi connectivity index (χ0v) is 13.6. The summed E-state index contributed by atoms with van der Waals surface area (Å²) in [4.78, 5) is 11.1. The van der Waals surface area contributed by atoms with E-state index in [1.54, 1.807) is 11.4 Å². The predicted octanol–water partition coefficient (Wildman–Crippen LogP) is -1.72. The Labute approximate surface area is 145 Å². The second-order valence-corrected chi connectivity index (χ2v) is 5.27. The van der Waals surface area contributed by atoms with E-state index in [2.05, 4.69) is 10.5 Å². The van der Waals surface area contributed by atoms with Crippen LogP contribution in [0.2, 0.25) is 5.02 Å². The number of carbonyl (C=O) groups is 1. The Balaban J connectivity index is 0.00000192. The Hall–Kier alpha value is -2.08. The van der Waals surface area contributed by atoms with Crippen molar-refractivity contribution in [3.63, 3.8) is 0 Å². The van der Waals surface area contributed by atoms with Gasteiger partial charge < -0.3 is 17.1 Å². The van der Waals surface area contributed by atoms with Crippen LogP contribution in [0.1, 0.15) is 11.1 Å². The highest BCUT2D eigenvalue weighted by atomic mass is 35.5. The fourth-order valence-electron chi connectivity index (χ4n) is 2.10. The molecule has 0 unspecified atom stereocenters. The number of hydrazone groups is 1. The number of carbonyl (C=O) groups excluding carboxylic acids is 1. The lowest BCUT2D eigenvalue weighted by Crippen LogP contribution is -3.00. The number of nitrogens with two attached hydrogens (primary N) is 1. The van der Waals surface area contributed by atoms with Crippen molar-refractivity contribution in [2.24, 2.45) is 5.10 Å². The van der Waals surface area contributed by atoms with Crippen LogP contribution in [0, 0.1) is 0 Å². The van der Waals surface area contributed by atoms with Crippen LogP contribution in [0.15, 0.2) is 53.6 Å². The summed E-state index contributed by atoms with van der Waals surface area (Å²) in [6.45, 7) is 0.783. The summed E-state index contributed by atoms with van der Waals surface area (Å²) < 4.78 is 5.73. The highest BCUT2D eigenvalue weighted by Crippen LogP contribution is 2.26. The van der Waals surface area contributed by atoms with Crippen LogP contribution in [-0.2, 0) is 11.4 Å². The molecule has 2 aromatic carbocycles. The first-order valence-corrected chi connectivity index (χ1v) is 7.26. The first-order chi connectivity index (χ1) is 10.7. The van der Waals surface area contributed by atoms with Crippen LogP contribution in [0.4, 0.5) is 0 Å². The summed E-state index contributed by atoms with van der Waals surface area (Å²) in [5.74, 6) is 1.21. The van der Waals surface area contributed by atoms with Crippen molar-refractivity contribution in [1.29, 1.82) is 0 Å². The third-order valence-corrected chi connectivity index (χ3v) is 3.54. The number of rotatable bonds is 4. The highest BCUT2D eigenvalue weighted by Gasteiger charge is 2.18. The second-order valence-electron chi connectivity index (χ2n) is 4.86. The van der Waals surface area contributed by atoms with Gasteiger partial charge in [0, 0.05) is 0 Å². The Morgan fingerprint density at radius 3 is 2.65 bits per heavy atom. The van der Waals surface area contributed by atoms with E-state index in [1.165, 1.54) is 0 Å². The number of hydrogen-bond acceptors (Lipinski definition) is 3. The quantitative estimate of drug-likeness (QED) is 0.688. The van der Waals surface area contributed by atoms with Crippen LogP contribution >= 0.6 is 11.6 Å². The monoisotopic (exact) mass is 351 g/mol. The molecule has 2 aromatic rings. The van der Waals surface area contributed by atoms with E-state index in [1.807, 2.05) is 42.5 Å². The number of nitrogens with zero attached hydrogens (tertiary/aromatic N) is 1. The minimum atomic E-state index is -0.113. The predicted molar refractivity (Wildman–Crippen MR) is 83.7 cm³/mol. The fourth-order valence-corrected chi connectivity index (χ4v) is 2.33. The van der Waals surface area contributed by atoms with Crippen molar-refractivity contribution in [1.82, 2.24) is 5.43 Å². The maximum Gasteiger partial charge on any atom is 0.295 e. The van der Waals surface area contributed by atoms with Gasteiger partial charge in [0.2, 0.25) is 5.84 Å². The third-order valence-electron chi connectivity index (χ3n) is 3.25. The molecule has 7 heteroatoms.